The Balaban J connectivity index is 2.28. The Morgan fingerprint density at radius 2 is 1.96 bits per heavy atom. The number of halogens is 1. The maximum Gasteiger partial charge on any atom is 0.338 e. The van der Waals surface area contributed by atoms with E-state index in [0.29, 0.717) is 30.0 Å². The second kappa shape index (κ2) is 7.92. The number of carbonyl (C=O) groups is 2. The third kappa shape index (κ3) is 3.91. The SMILES string of the molecule is CCOCCOC(=O)C1=C(C)N(C)C(=O)N[C@H]1c1ccc(F)cc1. The van der Waals surface area contributed by atoms with E-state index in [9.17, 15) is 14.0 Å². The molecule has 1 aliphatic heterocycles. The Bertz CT molecular complexity index is 642. The lowest BCUT2D eigenvalue weighted by Gasteiger charge is -2.33. The van der Waals surface area contributed by atoms with Crippen molar-refractivity contribution in [1.29, 1.82) is 0 Å². The van der Waals surface area contributed by atoms with Crippen LogP contribution >= 0.6 is 0 Å². The molecule has 24 heavy (non-hydrogen) atoms. The Hall–Kier alpha value is -2.41. The minimum Gasteiger partial charge on any atom is -0.460 e. The summed E-state index contributed by atoms with van der Waals surface area (Å²) >= 11 is 0. The number of allylic oxidation sites excluding steroid dienone is 1. The maximum atomic E-state index is 13.2. The molecule has 6 nitrogen and oxygen atoms in total. The Morgan fingerprint density at radius 3 is 2.58 bits per heavy atom. The van der Waals surface area contributed by atoms with Crippen LogP contribution in [-0.4, -0.2) is 43.8 Å². The van der Waals surface area contributed by atoms with Crippen LogP contribution in [0, 0.1) is 5.82 Å². The Morgan fingerprint density at radius 1 is 1.29 bits per heavy atom. The lowest BCUT2D eigenvalue weighted by molar-refractivity contribution is -0.141. The van der Waals surface area contributed by atoms with Gasteiger partial charge >= 0.3 is 12.0 Å². The third-order valence-electron chi connectivity index (χ3n) is 3.84. The monoisotopic (exact) mass is 336 g/mol. The van der Waals surface area contributed by atoms with E-state index in [1.165, 1.54) is 29.2 Å². The molecule has 0 saturated heterocycles. The number of nitrogens with zero attached hydrogens (tertiary/aromatic N) is 1. The summed E-state index contributed by atoms with van der Waals surface area (Å²) in [6, 6.07) is 4.61. The second-order valence-corrected chi connectivity index (χ2v) is 5.32. The van der Waals surface area contributed by atoms with Crippen molar-refractivity contribution in [3.8, 4) is 0 Å². The smallest absolute Gasteiger partial charge is 0.338 e. The Labute approximate surface area is 140 Å². The van der Waals surface area contributed by atoms with Crippen LogP contribution in [0.5, 0.6) is 0 Å². The number of esters is 1. The fourth-order valence-electron chi connectivity index (χ4n) is 2.42. The first-order chi connectivity index (χ1) is 11.5. The highest BCUT2D eigenvalue weighted by atomic mass is 19.1. The number of hydrogen-bond acceptors (Lipinski definition) is 4. The van der Waals surface area contributed by atoms with Gasteiger partial charge in [0.1, 0.15) is 12.4 Å². The molecule has 7 heteroatoms. The molecule has 1 heterocycles. The second-order valence-electron chi connectivity index (χ2n) is 5.32. The highest BCUT2D eigenvalue weighted by Crippen LogP contribution is 2.30. The molecule has 1 N–H and O–H groups in total. The number of amides is 2. The summed E-state index contributed by atoms with van der Waals surface area (Å²) in [5.41, 5.74) is 1.42. The largest absolute Gasteiger partial charge is 0.460 e. The third-order valence-corrected chi connectivity index (χ3v) is 3.84. The quantitative estimate of drug-likeness (QED) is 0.640. The molecule has 2 rings (SSSR count). The van der Waals surface area contributed by atoms with Crippen molar-refractivity contribution in [3.63, 3.8) is 0 Å². The van der Waals surface area contributed by atoms with Crippen molar-refractivity contribution in [3.05, 3.63) is 46.9 Å². The first-order valence-electron chi connectivity index (χ1n) is 7.71. The summed E-state index contributed by atoms with van der Waals surface area (Å²) in [5, 5.41) is 2.74. The van der Waals surface area contributed by atoms with E-state index in [1.54, 1.807) is 14.0 Å². The molecule has 130 valence electrons. The first kappa shape index (κ1) is 17.9. The van der Waals surface area contributed by atoms with Gasteiger partial charge in [-0.2, -0.15) is 0 Å². The van der Waals surface area contributed by atoms with Crippen molar-refractivity contribution in [1.82, 2.24) is 10.2 Å². The van der Waals surface area contributed by atoms with Gasteiger partial charge in [-0.05, 0) is 31.5 Å². The minimum absolute atomic E-state index is 0.122. The van der Waals surface area contributed by atoms with Crippen LogP contribution in [0.3, 0.4) is 0 Å². The van der Waals surface area contributed by atoms with E-state index in [4.69, 9.17) is 9.47 Å². The molecule has 0 radical (unpaired) electrons. The predicted molar refractivity (Wildman–Crippen MR) is 85.6 cm³/mol. The average molecular weight is 336 g/mol. The normalized spacial score (nSPS) is 17.8. The van der Waals surface area contributed by atoms with Crippen LogP contribution < -0.4 is 5.32 Å². The van der Waals surface area contributed by atoms with E-state index >= 15 is 0 Å². The number of hydrogen-bond donors (Lipinski definition) is 1. The summed E-state index contributed by atoms with van der Waals surface area (Å²) in [6.45, 7) is 4.49. The number of benzene rings is 1. The molecule has 0 aliphatic carbocycles. The van der Waals surface area contributed by atoms with Crippen LogP contribution in [0.15, 0.2) is 35.5 Å². The molecule has 0 bridgehead atoms. The molecule has 1 aromatic carbocycles. The van der Waals surface area contributed by atoms with Gasteiger partial charge in [-0.15, -0.1) is 0 Å². The lowest BCUT2D eigenvalue weighted by atomic mass is 9.95. The van der Waals surface area contributed by atoms with Gasteiger partial charge in [0.05, 0.1) is 18.2 Å². The maximum absolute atomic E-state index is 13.2. The number of ether oxygens (including phenoxy) is 2. The number of carbonyl (C=O) groups excluding carboxylic acids is 2. The van der Waals surface area contributed by atoms with Gasteiger partial charge in [-0.25, -0.2) is 14.0 Å². The molecule has 2 amide bonds. The highest BCUT2D eigenvalue weighted by molar-refractivity contribution is 5.94. The predicted octanol–water partition coefficient (Wildman–Crippen LogP) is 2.38. The topological polar surface area (TPSA) is 67.9 Å². The van der Waals surface area contributed by atoms with Gasteiger partial charge in [0.25, 0.3) is 0 Å². The zero-order chi connectivity index (χ0) is 17.7. The molecular formula is C17H21FN2O4. The van der Waals surface area contributed by atoms with Gasteiger partial charge in [0.2, 0.25) is 0 Å². The minimum atomic E-state index is -0.686. The number of rotatable bonds is 6. The summed E-state index contributed by atoms with van der Waals surface area (Å²) in [7, 11) is 1.57. The Kier molecular flexibility index (Phi) is 5.92. The fraction of sp³-hybridized carbons (Fsp3) is 0.412. The van der Waals surface area contributed by atoms with Crippen molar-refractivity contribution in [2.24, 2.45) is 0 Å². The van der Waals surface area contributed by atoms with E-state index in [-0.39, 0.29) is 18.5 Å². The van der Waals surface area contributed by atoms with Crippen molar-refractivity contribution in [2.45, 2.75) is 19.9 Å². The van der Waals surface area contributed by atoms with E-state index in [1.807, 2.05) is 6.92 Å². The average Bonchev–Trinajstić information content (AvgIpc) is 2.57. The summed E-state index contributed by atoms with van der Waals surface area (Å²) < 4.78 is 23.5. The van der Waals surface area contributed by atoms with Gasteiger partial charge in [0.15, 0.2) is 0 Å². The van der Waals surface area contributed by atoms with Crippen molar-refractivity contribution in [2.75, 3.05) is 26.9 Å². The molecule has 0 unspecified atom stereocenters. The molecule has 0 spiro atoms. The molecule has 1 atom stereocenters. The van der Waals surface area contributed by atoms with E-state index in [0.717, 1.165) is 0 Å². The van der Waals surface area contributed by atoms with Crippen molar-refractivity contribution < 1.29 is 23.5 Å². The molecule has 1 aliphatic rings. The first-order valence-corrected chi connectivity index (χ1v) is 7.71. The van der Waals surface area contributed by atoms with Gasteiger partial charge in [0, 0.05) is 19.4 Å². The zero-order valence-electron chi connectivity index (χ0n) is 14.0. The molecule has 0 aromatic heterocycles. The van der Waals surface area contributed by atoms with Crippen LogP contribution in [-0.2, 0) is 14.3 Å². The molecular weight excluding hydrogens is 315 g/mol. The van der Waals surface area contributed by atoms with Gasteiger partial charge in [-0.1, -0.05) is 12.1 Å². The number of nitrogens with one attached hydrogen (secondary N) is 1. The molecule has 1 aromatic rings. The summed E-state index contributed by atoms with van der Waals surface area (Å²) in [5.74, 6) is -0.923. The molecule has 0 saturated carbocycles. The van der Waals surface area contributed by atoms with Gasteiger partial charge < -0.3 is 19.7 Å². The lowest BCUT2D eigenvalue weighted by Crippen LogP contribution is -2.46. The van der Waals surface area contributed by atoms with Gasteiger partial charge in [-0.3, -0.25) is 0 Å². The van der Waals surface area contributed by atoms with Crippen LogP contribution in [0.25, 0.3) is 0 Å². The van der Waals surface area contributed by atoms with E-state index < -0.39 is 12.0 Å². The summed E-state index contributed by atoms with van der Waals surface area (Å²) in [4.78, 5) is 25.9. The van der Waals surface area contributed by atoms with Crippen LogP contribution in [0.4, 0.5) is 9.18 Å². The fourth-order valence-corrected chi connectivity index (χ4v) is 2.42. The standard InChI is InChI=1S/C17H21FN2O4/c1-4-23-9-10-24-16(21)14-11(2)20(3)17(22)19-15(14)12-5-7-13(18)8-6-12/h5-8,15H,4,9-10H2,1-3H3,(H,19,22)/t15-/m0/s1. The van der Waals surface area contributed by atoms with Crippen LogP contribution in [0.2, 0.25) is 0 Å². The van der Waals surface area contributed by atoms with Crippen molar-refractivity contribution >= 4 is 12.0 Å². The molecule has 0 fully saturated rings. The highest BCUT2D eigenvalue weighted by Gasteiger charge is 2.34. The van der Waals surface area contributed by atoms with E-state index in [2.05, 4.69) is 5.32 Å². The summed E-state index contributed by atoms with van der Waals surface area (Å²) in [6.07, 6.45) is 0. The zero-order valence-corrected chi connectivity index (χ0v) is 14.0. The van der Waals surface area contributed by atoms with Crippen LogP contribution in [0.1, 0.15) is 25.5 Å². The number of urea groups is 1.